The molecule has 0 aliphatic heterocycles. The van der Waals surface area contributed by atoms with E-state index in [4.69, 9.17) is 9.84 Å². The van der Waals surface area contributed by atoms with Crippen molar-refractivity contribution in [3.05, 3.63) is 30.5 Å². The maximum Gasteiger partial charge on any atom is 0.418 e. The van der Waals surface area contributed by atoms with Gasteiger partial charge in [-0.2, -0.15) is 0 Å². The van der Waals surface area contributed by atoms with Crippen molar-refractivity contribution < 1.29 is 14.6 Å². The lowest BCUT2D eigenvalue weighted by Gasteiger charge is -2.01. The van der Waals surface area contributed by atoms with Crippen molar-refractivity contribution in [2.24, 2.45) is 0 Å². The van der Waals surface area contributed by atoms with Crippen LogP contribution in [0.25, 0.3) is 10.8 Å². The molecule has 4 nitrogen and oxygen atoms in total. The Labute approximate surface area is 80.3 Å². The van der Waals surface area contributed by atoms with Crippen molar-refractivity contribution in [1.29, 1.82) is 0 Å². The summed E-state index contributed by atoms with van der Waals surface area (Å²) in [6.45, 7) is 0. The fourth-order valence-corrected chi connectivity index (χ4v) is 1.48. The molecule has 0 spiro atoms. The van der Waals surface area contributed by atoms with Crippen molar-refractivity contribution >= 4 is 16.9 Å². The van der Waals surface area contributed by atoms with Crippen LogP contribution < -0.4 is 4.74 Å². The van der Waals surface area contributed by atoms with Crippen molar-refractivity contribution in [2.75, 3.05) is 7.11 Å². The Hall–Kier alpha value is -1.97. The summed E-state index contributed by atoms with van der Waals surface area (Å²) in [5, 5.41) is 10.5. The van der Waals surface area contributed by atoms with Crippen LogP contribution >= 0.6 is 0 Å². The highest BCUT2D eigenvalue weighted by Gasteiger charge is 2.13. The summed E-state index contributed by atoms with van der Waals surface area (Å²) in [7, 11) is 1.46. The van der Waals surface area contributed by atoms with Crippen LogP contribution in [0.4, 0.5) is 4.79 Å². The number of aromatic nitrogens is 1. The van der Waals surface area contributed by atoms with E-state index in [0.717, 1.165) is 15.3 Å². The zero-order valence-corrected chi connectivity index (χ0v) is 7.60. The van der Waals surface area contributed by atoms with Gasteiger partial charge in [-0.1, -0.05) is 18.2 Å². The topological polar surface area (TPSA) is 51.5 Å². The summed E-state index contributed by atoms with van der Waals surface area (Å²) in [4.78, 5) is 10.8. The second kappa shape index (κ2) is 3.06. The second-order valence-electron chi connectivity index (χ2n) is 2.88. The van der Waals surface area contributed by atoms with Crippen LogP contribution in [0, 0.1) is 0 Å². The van der Waals surface area contributed by atoms with E-state index in [0.29, 0.717) is 5.88 Å². The molecular formula is C10H9NO3. The van der Waals surface area contributed by atoms with Gasteiger partial charge in [0.25, 0.3) is 0 Å². The quantitative estimate of drug-likeness (QED) is 0.751. The predicted molar refractivity (Wildman–Crippen MR) is 51.9 cm³/mol. The molecule has 0 unspecified atom stereocenters. The van der Waals surface area contributed by atoms with Gasteiger partial charge >= 0.3 is 6.09 Å². The van der Waals surface area contributed by atoms with E-state index in [2.05, 4.69) is 0 Å². The van der Waals surface area contributed by atoms with Crippen LogP contribution in [0.5, 0.6) is 5.88 Å². The van der Waals surface area contributed by atoms with Gasteiger partial charge in [-0.05, 0) is 6.07 Å². The summed E-state index contributed by atoms with van der Waals surface area (Å²) in [6.07, 6.45) is 0.495. The van der Waals surface area contributed by atoms with E-state index in [9.17, 15) is 4.79 Å². The molecule has 0 fully saturated rings. The number of benzene rings is 1. The SMILES string of the molecule is COc1c2ccccc2cn1C(=O)O. The van der Waals surface area contributed by atoms with Crippen molar-refractivity contribution in [2.45, 2.75) is 0 Å². The van der Waals surface area contributed by atoms with Crippen LogP contribution in [0.3, 0.4) is 0 Å². The van der Waals surface area contributed by atoms with Gasteiger partial charge in [-0.3, -0.25) is 0 Å². The number of methoxy groups -OCH3 is 1. The summed E-state index contributed by atoms with van der Waals surface area (Å²) in [6, 6.07) is 7.37. The van der Waals surface area contributed by atoms with E-state index >= 15 is 0 Å². The normalized spacial score (nSPS) is 10.4. The molecule has 1 aromatic heterocycles. The minimum Gasteiger partial charge on any atom is -0.481 e. The molecule has 1 aromatic carbocycles. The number of ether oxygens (including phenoxy) is 1. The molecular weight excluding hydrogens is 182 g/mol. The Morgan fingerprint density at radius 3 is 2.79 bits per heavy atom. The lowest BCUT2D eigenvalue weighted by molar-refractivity contribution is 0.193. The first kappa shape index (κ1) is 8.62. The van der Waals surface area contributed by atoms with Crippen LogP contribution in [0.2, 0.25) is 0 Å². The molecule has 0 aliphatic rings. The van der Waals surface area contributed by atoms with Gasteiger partial charge < -0.3 is 9.84 Å². The summed E-state index contributed by atoms with van der Waals surface area (Å²) >= 11 is 0. The smallest absolute Gasteiger partial charge is 0.418 e. The van der Waals surface area contributed by atoms with Gasteiger partial charge in [0.05, 0.1) is 7.11 Å². The Morgan fingerprint density at radius 2 is 2.14 bits per heavy atom. The highest BCUT2D eigenvalue weighted by atomic mass is 16.5. The monoisotopic (exact) mass is 191 g/mol. The number of nitrogens with zero attached hydrogens (tertiary/aromatic N) is 1. The third-order valence-electron chi connectivity index (χ3n) is 2.08. The highest BCUT2D eigenvalue weighted by Crippen LogP contribution is 2.27. The molecule has 4 heteroatoms. The van der Waals surface area contributed by atoms with Gasteiger partial charge in [-0.15, -0.1) is 0 Å². The Kier molecular flexibility index (Phi) is 1.89. The van der Waals surface area contributed by atoms with Crippen LogP contribution in [-0.4, -0.2) is 22.9 Å². The number of rotatable bonds is 1. The van der Waals surface area contributed by atoms with Gasteiger partial charge in [-0.25, -0.2) is 9.36 Å². The number of carbonyl (C=O) groups is 1. The van der Waals surface area contributed by atoms with Gasteiger partial charge in [0.2, 0.25) is 5.88 Å². The molecule has 72 valence electrons. The Balaban J connectivity index is 2.78. The number of hydrogen-bond acceptors (Lipinski definition) is 2. The van der Waals surface area contributed by atoms with Crippen molar-refractivity contribution in [3.63, 3.8) is 0 Å². The highest BCUT2D eigenvalue weighted by molar-refractivity contribution is 5.92. The Morgan fingerprint density at radius 1 is 1.43 bits per heavy atom. The third kappa shape index (κ3) is 1.12. The molecule has 2 aromatic rings. The Bertz CT molecular complexity index is 487. The van der Waals surface area contributed by atoms with Crippen LogP contribution in [0.1, 0.15) is 0 Å². The van der Waals surface area contributed by atoms with E-state index in [1.165, 1.54) is 13.3 Å². The predicted octanol–water partition coefficient (Wildman–Crippen LogP) is 2.18. The minimum atomic E-state index is -1.04. The summed E-state index contributed by atoms with van der Waals surface area (Å²) < 4.78 is 6.12. The molecule has 14 heavy (non-hydrogen) atoms. The fourth-order valence-electron chi connectivity index (χ4n) is 1.48. The summed E-state index contributed by atoms with van der Waals surface area (Å²) in [5.74, 6) is 0.355. The zero-order valence-electron chi connectivity index (χ0n) is 7.60. The first-order valence-electron chi connectivity index (χ1n) is 4.11. The van der Waals surface area contributed by atoms with Crippen molar-refractivity contribution in [3.8, 4) is 5.88 Å². The molecule has 1 N–H and O–H groups in total. The van der Waals surface area contributed by atoms with Gasteiger partial charge in [0, 0.05) is 17.0 Å². The average Bonchev–Trinajstić information content (AvgIpc) is 2.56. The second-order valence-corrected chi connectivity index (χ2v) is 2.88. The first-order valence-corrected chi connectivity index (χ1v) is 4.11. The van der Waals surface area contributed by atoms with Crippen LogP contribution in [0.15, 0.2) is 30.5 Å². The molecule has 1 heterocycles. The maximum atomic E-state index is 10.8. The number of fused-ring (bicyclic) bond motifs is 1. The molecule has 0 saturated carbocycles. The lowest BCUT2D eigenvalue weighted by atomic mass is 10.2. The van der Waals surface area contributed by atoms with E-state index in [-0.39, 0.29) is 0 Å². The van der Waals surface area contributed by atoms with Gasteiger partial charge in [0.1, 0.15) is 0 Å². The fraction of sp³-hybridized carbons (Fsp3) is 0.100. The molecule has 2 rings (SSSR count). The van der Waals surface area contributed by atoms with Gasteiger partial charge in [0.15, 0.2) is 0 Å². The van der Waals surface area contributed by atoms with E-state index < -0.39 is 6.09 Å². The molecule has 0 bridgehead atoms. The summed E-state index contributed by atoms with van der Waals surface area (Å²) in [5.41, 5.74) is 0. The largest absolute Gasteiger partial charge is 0.481 e. The van der Waals surface area contributed by atoms with E-state index in [1.54, 1.807) is 0 Å². The first-order chi connectivity index (χ1) is 6.74. The minimum absolute atomic E-state index is 0.355. The van der Waals surface area contributed by atoms with Crippen molar-refractivity contribution in [1.82, 2.24) is 4.57 Å². The molecule has 0 amide bonds. The van der Waals surface area contributed by atoms with Crippen LogP contribution in [-0.2, 0) is 0 Å². The number of carboxylic acid groups (broad SMARTS) is 1. The molecule has 0 atom stereocenters. The average molecular weight is 191 g/mol. The molecule has 0 saturated heterocycles. The maximum absolute atomic E-state index is 10.8. The standard InChI is InChI=1S/C10H9NO3/c1-14-9-8-5-3-2-4-7(8)6-11(9)10(12)13/h2-6H,1H3,(H,12,13). The molecule has 0 radical (unpaired) electrons. The van der Waals surface area contributed by atoms with E-state index in [1.807, 2.05) is 24.3 Å². The zero-order chi connectivity index (χ0) is 10.1. The third-order valence-corrected chi connectivity index (χ3v) is 2.08. The molecule has 0 aliphatic carbocycles. The number of hydrogen-bond donors (Lipinski definition) is 1. The lowest BCUT2D eigenvalue weighted by Crippen LogP contribution is -2.07.